The summed E-state index contributed by atoms with van der Waals surface area (Å²) in [5, 5.41) is 0. The molecule has 2 atom stereocenters. The zero-order valence-electron chi connectivity index (χ0n) is 9.58. The van der Waals surface area contributed by atoms with E-state index in [2.05, 4.69) is 20.8 Å². The van der Waals surface area contributed by atoms with Gasteiger partial charge in [-0.1, -0.05) is 33.6 Å². The maximum absolute atomic E-state index is 11.0. The summed E-state index contributed by atoms with van der Waals surface area (Å²) >= 11 is 0. The number of ether oxygens (including phenoxy) is 1. The molecule has 2 unspecified atom stereocenters. The van der Waals surface area contributed by atoms with E-state index in [-0.39, 0.29) is 12.1 Å². The first-order valence-corrected chi connectivity index (χ1v) is 5.84. The van der Waals surface area contributed by atoms with E-state index < -0.39 is 0 Å². The van der Waals surface area contributed by atoms with Gasteiger partial charge in [-0.2, -0.15) is 0 Å². The van der Waals surface area contributed by atoms with Crippen molar-refractivity contribution in [1.82, 2.24) is 0 Å². The Bertz CT molecular complexity index is 187. The van der Waals surface area contributed by atoms with Crippen LogP contribution in [0, 0.1) is 11.8 Å². The van der Waals surface area contributed by atoms with Gasteiger partial charge in [-0.3, -0.25) is 4.79 Å². The van der Waals surface area contributed by atoms with Crippen LogP contribution in [0.1, 0.15) is 52.9 Å². The lowest BCUT2D eigenvalue weighted by Crippen LogP contribution is -2.25. The summed E-state index contributed by atoms with van der Waals surface area (Å²) in [5.41, 5.74) is 0. The molecule has 1 saturated heterocycles. The van der Waals surface area contributed by atoms with Gasteiger partial charge in [0.25, 0.3) is 0 Å². The first kappa shape index (κ1) is 11.5. The molecule has 14 heavy (non-hydrogen) atoms. The minimum absolute atomic E-state index is 0.00264. The van der Waals surface area contributed by atoms with Crippen molar-refractivity contribution in [3.63, 3.8) is 0 Å². The lowest BCUT2D eigenvalue weighted by atomic mass is 9.85. The highest BCUT2D eigenvalue weighted by atomic mass is 16.5. The van der Waals surface area contributed by atoms with Crippen LogP contribution in [0.2, 0.25) is 0 Å². The summed E-state index contributed by atoms with van der Waals surface area (Å²) in [4.78, 5) is 11.0. The van der Waals surface area contributed by atoms with E-state index in [1.807, 2.05) is 0 Å². The van der Waals surface area contributed by atoms with E-state index in [9.17, 15) is 4.79 Å². The fourth-order valence-corrected chi connectivity index (χ4v) is 2.24. The summed E-state index contributed by atoms with van der Waals surface area (Å²) in [6, 6.07) is 0. The van der Waals surface area contributed by atoms with Crippen molar-refractivity contribution in [1.29, 1.82) is 0 Å². The average Bonchev–Trinajstić information content (AvgIpc) is 2.52. The minimum Gasteiger partial charge on any atom is -0.462 e. The van der Waals surface area contributed by atoms with Gasteiger partial charge in [0.15, 0.2) is 0 Å². The second-order valence-electron chi connectivity index (χ2n) is 4.62. The zero-order chi connectivity index (χ0) is 10.6. The molecule has 0 bridgehead atoms. The van der Waals surface area contributed by atoms with E-state index >= 15 is 0 Å². The van der Waals surface area contributed by atoms with Crippen molar-refractivity contribution < 1.29 is 9.53 Å². The third kappa shape index (κ3) is 3.00. The highest BCUT2D eigenvalue weighted by Gasteiger charge is 2.32. The molecule has 0 aromatic rings. The summed E-state index contributed by atoms with van der Waals surface area (Å²) < 4.78 is 5.34. The Hall–Kier alpha value is -0.530. The van der Waals surface area contributed by atoms with Gasteiger partial charge in [-0.15, -0.1) is 0 Å². The fraction of sp³-hybridized carbons (Fsp3) is 0.917. The molecule has 0 radical (unpaired) electrons. The number of hydrogen-bond donors (Lipinski definition) is 0. The standard InChI is InChI=1S/C12H22O2/c1-4-5-6-10(9(2)3)11-7-8-12(13)14-11/h9-11H,4-8H2,1-3H3. The molecule has 0 aliphatic carbocycles. The Balaban J connectivity index is 2.45. The van der Waals surface area contributed by atoms with Crippen LogP contribution in [-0.2, 0) is 9.53 Å². The van der Waals surface area contributed by atoms with E-state index in [1.165, 1.54) is 19.3 Å². The second kappa shape index (κ2) is 5.38. The largest absolute Gasteiger partial charge is 0.462 e. The summed E-state index contributed by atoms with van der Waals surface area (Å²) in [6.07, 6.45) is 5.44. The molecule has 2 heteroatoms. The van der Waals surface area contributed by atoms with E-state index in [4.69, 9.17) is 4.74 Å². The van der Waals surface area contributed by atoms with Gasteiger partial charge in [0.05, 0.1) is 0 Å². The van der Waals surface area contributed by atoms with Gasteiger partial charge in [0.1, 0.15) is 6.10 Å². The lowest BCUT2D eigenvalue weighted by molar-refractivity contribution is -0.143. The van der Waals surface area contributed by atoms with Crippen LogP contribution < -0.4 is 0 Å². The maximum atomic E-state index is 11.0. The monoisotopic (exact) mass is 198 g/mol. The van der Waals surface area contributed by atoms with Crippen molar-refractivity contribution in [2.45, 2.75) is 59.0 Å². The first-order chi connectivity index (χ1) is 6.65. The second-order valence-corrected chi connectivity index (χ2v) is 4.62. The molecule has 1 aliphatic heterocycles. The number of hydrogen-bond acceptors (Lipinski definition) is 2. The molecule has 1 heterocycles. The van der Waals surface area contributed by atoms with Crippen molar-refractivity contribution in [3.05, 3.63) is 0 Å². The third-order valence-electron chi connectivity index (χ3n) is 3.14. The summed E-state index contributed by atoms with van der Waals surface area (Å²) in [5.74, 6) is 1.19. The quantitative estimate of drug-likeness (QED) is 0.634. The normalized spacial score (nSPS) is 24.0. The average molecular weight is 198 g/mol. The van der Waals surface area contributed by atoms with E-state index in [1.54, 1.807) is 0 Å². The van der Waals surface area contributed by atoms with Crippen LogP contribution in [0.15, 0.2) is 0 Å². The Labute approximate surface area is 87.0 Å². The zero-order valence-corrected chi connectivity index (χ0v) is 9.58. The Morgan fingerprint density at radius 1 is 1.50 bits per heavy atom. The molecule has 1 aliphatic rings. The highest BCUT2D eigenvalue weighted by molar-refractivity contribution is 5.71. The molecular formula is C12H22O2. The first-order valence-electron chi connectivity index (χ1n) is 5.84. The molecule has 2 nitrogen and oxygen atoms in total. The molecule has 1 fully saturated rings. The van der Waals surface area contributed by atoms with Crippen LogP contribution in [0.3, 0.4) is 0 Å². The number of esters is 1. The number of rotatable bonds is 5. The van der Waals surface area contributed by atoms with Gasteiger partial charge in [-0.05, 0) is 24.7 Å². The van der Waals surface area contributed by atoms with Crippen molar-refractivity contribution in [2.75, 3.05) is 0 Å². The SMILES string of the molecule is CCCCC(C(C)C)C1CCC(=O)O1. The smallest absolute Gasteiger partial charge is 0.306 e. The van der Waals surface area contributed by atoms with Gasteiger partial charge in [-0.25, -0.2) is 0 Å². The fourth-order valence-electron chi connectivity index (χ4n) is 2.24. The molecule has 0 spiro atoms. The van der Waals surface area contributed by atoms with Gasteiger partial charge >= 0.3 is 5.97 Å². The Morgan fingerprint density at radius 2 is 2.21 bits per heavy atom. The molecule has 0 N–H and O–H groups in total. The third-order valence-corrected chi connectivity index (χ3v) is 3.14. The van der Waals surface area contributed by atoms with Crippen LogP contribution in [0.25, 0.3) is 0 Å². The van der Waals surface area contributed by atoms with Gasteiger partial charge < -0.3 is 4.74 Å². The Kier molecular flexibility index (Phi) is 4.43. The molecule has 82 valence electrons. The number of carbonyl (C=O) groups excluding carboxylic acids is 1. The van der Waals surface area contributed by atoms with Crippen molar-refractivity contribution >= 4 is 5.97 Å². The van der Waals surface area contributed by atoms with Crippen molar-refractivity contribution in [3.8, 4) is 0 Å². The molecule has 0 aromatic heterocycles. The highest BCUT2D eigenvalue weighted by Crippen LogP contribution is 2.30. The molecular weight excluding hydrogens is 176 g/mol. The predicted molar refractivity (Wildman–Crippen MR) is 57.0 cm³/mol. The summed E-state index contributed by atoms with van der Waals surface area (Å²) in [6.45, 7) is 6.66. The van der Waals surface area contributed by atoms with Crippen LogP contribution >= 0.6 is 0 Å². The molecule has 0 aromatic carbocycles. The van der Waals surface area contributed by atoms with Gasteiger partial charge in [0, 0.05) is 6.42 Å². The van der Waals surface area contributed by atoms with E-state index in [0.717, 1.165) is 6.42 Å². The molecule has 0 amide bonds. The minimum atomic E-state index is -0.00264. The van der Waals surface area contributed by atoms with Crippen LogP contribution in [0.5, 0.6) is 0 Å². The van der Waals surface area contributed by atoms with Gasteiger partial charge in [0.2, 0.25) is 0 Å². The number of unbranched alkanes of at least 4 members (excludes halogenated alkanes) is 1. The summed E-state index contributed by atoms with van der Waals surface area (Å²) in [7, 11) is 0. The maximum Gasteiger partial charge on any atom is 0.306 e. The van der Waals surface area contributed by atoms with E-state index in [0.29, 0.717) is 18.3 Å². The number of carbonyl (C=O) groups is 1. The van der Waals surface area contributed by atoms with Crippen molar-refractivity contribution in [2.24, 2.45) is 11.8 Å². The van der Waals surface area contributed by atoms with Crippen LogP contribution in [-0.4, -0.2) is 12.1 Å². The predicted octanol–water partition coefficient (Wildman–Crippen LogP) is 3.15. The lowest BCUT2D eigenvalue weighted by Gasteiger charge is -2.25. The van der Waals surface area contributed by atoms with Crippen LogP contribution in [0.4, 0.5) is 0 Å². The molecule has 0 saturated carbocycles. The topological polar surface area (TPSA) is 26.3 Å². The molecule has 1 rings (SSSR count). The Morgan fingerprint density at radius 3 is 2.64 bits per heavy atom. The number of cyclic esters (lactones) is 1.